The summed E-state index contributed by atoms with van der Waals surface area (Å²) in [5.74, 6) is 0.914. The molecule has 2 N–H and O–H groups in total. The summed E-state index contributed by atoms with van der Waals surface area (Å²) in [6.07, 6.45) is 6.12. The molecule has 1 aromatic heterocycles. The molecule has 18 heavy (non-hydrogen) atoms. The van der Waals surface area contributed by atoms with E-state index in [0.717, 1.165) is 38.0 Å². The second-order valence-electron chi connectivity index (χ2n) is 4.87. The van der Waals surface area contributed by atoms with Crippen LogP contribution in [0.1, 0.15) is 38.2 Å². The second kappa shape index (κ2) is 5.83. The third kappa shape index (κ3) is 2.80. The van der Waals surface area contributed by atoms with Gasteiger partial charge in [0.05, 0.1) is 11.6 Å². The number of pyridine rings is 1. The Labute approximate surface area is 108 Å². The molecule has 1 aromatic rings. The Morgan fingerprint density at radius 1 is 1.44 bits per heavy atom. The first-order chi connectivity index (χ1) is 8.74. The fourth-order valence-corrected chi connectivity index (χ4v) is 2.67. The van der Waals surface area contributed by atoms with Gasteiger partial charge in [-0.15, -0.1) is 0 Å². The Balaban J connectivity index is 2.15. The average Bonchev–Trinajstić information content (AvgIpc) is 2.42. The summed E-state index contributed by atoms with van der Waals surface area (Å²) in [5, 5.41) is 8.95. The molecule has 1 fully saturated rings. The van der Waals surface area contributed by atoms with Crippen molar-refractivity contribution in [2.24, 2.45) is 5.73 Å². The van der Waals surface area contributed by atoms with Crippen LogP contribution < -0.4 is 10.6 Å². The largest absolute Gasteiger partial charge is 0.354 e. The van der Waals surface area contributed by atoms with Gasteiger partial charge in [0.15, 0.2) is 0 Å². The van der Waals surface area contributed by atoms with Gasteiger partial charge in [-0.25, -0.2) is 4.98 Å². The molecule has 0 spiro atoms. The van der Waals surface area contributed by atoms with E-state index in [1.807, 2.05) is 6.07 Å². The number of nitrogens with zero attached hydrogens (tertiary/aromatic N) is 3. The lowest BCUT2D eigenvalue weighted by molar-refractivity contribution is 0.377. The van der Waals surface area contributed by atoms with Crippen LogP contribution in [-0.4, -0.2) is 23.6 Å². The highest BCUT2D eigenvalue weighted by atomic mass is 15.2. The van der Waals surface area contributed by atoms with Crippen molar-refractivity contribution in [2.75, 3.05) is 11.4 Å². The summed E-state index contributed by atoms with van der Waals surface area (Å²) < 4.78 is 0. The van der Waals surface area contributed by atoms with Crippen molar-refractivity contribution in [3.63, 3.8) is 0 Å². The van der Waals surface area contributed by atoms with Crippen LogP contribution in [0.15, 0.2) is 18.3 Å². The molecular weight excluding hydrogens is 224 g/mol. The molecule has 0 bridgehead atoms. The van der Waals surface area contributed by atoms with E-state index < -0.39 is 0 Å². The zero-order valence-corrected chi connectivity index (χ0v) is 10.8. The minimum absolute atomic E-state index is 0.360. The second-order valence-corrected chi connectivity index (χ2v) is 4.87. The molecule has 4 nitrogen and oxygen atoms in total. The summed E-state index contributed by atoms with van der Waals surface area (Å²) in [6, 6.07) is 6.66. The lowest BCUT2D eigenvalue weighted by Crippen LogP contribution is -2.41. The normalized spacial score (nSPS) is 23.4. The molecular formula is C14H20N4. The summed E-state index contributed by atoms with van der Waals surface area (Å²) in [6.45, 7) is 3.05. The lowest BCUT2D eigenvalue weighted by atomic mass is 9.90. The van der Waals surface area contributed by atoms with Gasteiger partial charge in [-0.2, -0.15) is 5.26 Å². The highest BCUT2D eigenvalue weighted by Crippen LogP contribution is 2.25. The summed E-state index contributed by atoms with van der Waals surface area (Å²) in [5.41, 5.74) is 6.62. The van der Waals surface area contributed by atoms with Crippen molar-refractivity contribution in [2.45, 2.75) is 44.7 Å². The van der Waals surface area contributed by atoms with Gasteiger partial charge in [0.25, 0.3) is 0 Å². The maximum atomic E-state index is 8.95. The molecule has 1 aliphatic rings. The Morgan fingerprint density at radius 3 is 2.78 bits per heavy atom. The molecule has 4 heteroatoms. The Hall–Kier alpha value is -1.60. The Morgan fingerprint density at radius 2 is 2.17 bits per heavy atom. The molecule has 0 radical (unpaired) electrons. The topological polar surface area (TPSA) is 65.9 Å². The van der Waals surface area contributed by atoms with E-state index in [9.17, 15) is 0 Å². The molecule has 0 saturated heterocycles. The number of aromatic nitrogens is 1. The number of nitriles is 1. The molecule has 0 atom stereocenters. The predicted molar refractivity (Wildman–Crippen MR) is 72.2 cm³/mol. The molecule has 0 amide bonds. The zero-order valence-electron chi connectivity index (χ0n) is 10.8. The van der Waals surface area contributed by atoms with Gasteiger partial charge in [-0.3, -0.25) is 0 Å². The van der Waals surface area contributed by atoms with Gasteiger partial charge in [-0.1, -0.05) is 0 Å². The van der Waals surface area contributed by atoms with E-state index in [2.05, 4.69) is 22.9 Å². The van der Waals surface area contributed by atoms with Crippen molar-refractivity contribution in [1.82, 2.24) is 4.98 Å². The minimum Gasteiger partial charge on any atom is -0.354 e. The van der Waals surface area contributed by atoms with Crippen molar-refractivity contribution in [3.05, 3.63) is 23.9 Å². The van der Waals surface area contributed by atoms with Crippen LogP contribution >= 0.6 is 0 Å². The number of hydrogen-bond donors (Lipinski definition) is 1. The highest BCUT2D eigenvalue weighted by molar-refractivity contribution is 5.45. The molecule has 2 rings (SSSR count). The monoisotopic (exact) mass is 244 g/mol. The van der Waals surface area contributed by atoms with Crippen molar-refractivity contribution < 1.29 is 0 Å². The van der Waals surface area contributed by atoms with Gasteiger partial charge in [-0.05, 0) is 44.7 Å². The molecule has 1 heterocycles. The fourth-order valence-electron chi connectivity index (χ4n) is 2.67. The molecule has 1 aliphatic carbocycles. The molecule has 96 valence electrons. The lowest BCUT2D eigenvalue weighted by Gasteiger charge is -2.36. The van der Waals surface area contributed by atoms with Gasteiger partial charge >= 0.3 is 0 Å². The molecule has 0 aliphatic heterocycles. The minimum atomic E-state index is 0.360. The van der Waals surface area contributed by atoms with E-state index in [1.165, 1.54) is 0 Å². The number of nitrogens with two attached hydrogens (primary N) is 1. The van der Waals surface area contributed by atoms with Crippen LogP contribution in [0.2, 0.25) is 0 Å². The number of rotatable bonds is 3. The molecule has 0 unspecified atom stereocenters. The third-order valence-corrected chi connectivity index (χ3v) is 3.69. The maximum absolute atomic E-state index is 8.95. The SMILES string of the molecule is CCN(c1cc(C#N)ccn1)C1CCC(N)CC1. The Kier molecular flexibility index (Phi) is 4.16. The van der Waals surface area contributed by atoms with Crippen LogP contribution in [0.5, 0.6) is 0 Å². The van der Waals surface area contributed by atoms with Gasteiger partial charge < -0.3 is 10.6 Å². The smallest absolute Gasteiger partial charge is 0.130 e. The zero-order chi connectivity index (χ0) is 13.0. The van der Waals surface area contributed by atoms with E-state index >= 15 is 0 Å². The standard InChI is InChI=1S/C14H20N4/c1-2-18(13-5-3-12(16)4-6-13)14-9-11(10-15)7-8-17-14/h7-9,12-13H,2-6,16H2,1H3. The van der Waals surface area contributed by atoms with E-state index in [-0.39, 0.29) is 0 Å². The van der Waals surface area contributed by atoms with E-state index in [1.54, 1.807) is 12.3 Å². The highest BCUT2D eigenvalue weighted by Gasteiger charge is 2.24. The fraction of sp³-hybridized carbons (Fsp3) is 0.571. The van der Waals surface area contributed by atoms with E-state index in [4.69, 9.17) is 11.0 Å². The van der Waals surface area contributed by atoms with Crippen LogP contribution in [-0.2, 0) is 0 Å². The quantitative estimate of drug-likeness (QED) is 0.883. The molecule has 0 aromatic carbocycles. The van der Waals surface area contributed by atoms with Crippen LogP contribution in [0.4, 0.5) is 5.82 Å². The van der Waals surface area contributed by atoms with Crippen molar-refractivity contribution in [3.8, 4) is 6.07 Å². The van der Waals surface area contributed by atoms with Crippen molar-refractivity contribution in [1.29, 1.82) is 5.26 Å². The first-order valence-corrected chi connectivity index (χ1v) is 6.63. The predicted octanol–water partition coefficient (Wildman–Crippen LogP) is 2.05. The van der Waals surface area contributed by atoms with Gasteiger partial charge in [0.2, 0.25) is 0 Å². The van der Waals surface area contributed by atoms with Crippen LogP contribution in [0.3, 0.4) is 0 Å². The van der Waals surface area contributed by atoms with Gasteiger partial charge in [0, 0.05) is 24.8 Å². The maximum Gasteiger partial charge on any atom is 0.130 e. The molecule has 1 saturated carbocycles. The Bertz CT molecular complexity index is 430. The van der Waals surface area contributed by atoms with Crippen LogP contribution in [0.25, 0.3) is 0 Å². The first kappa shape index (κ1) is 12.8. The first-order valence-electron chi connectivity index (χ1n) is 6.63. The summed E-state index contributed by atoms with van der Waals surface area (Å²) in [7, 11) is 0. The average molecular weight is 244 g/mol. The third-order valence-electron chi connectivity index (χ3n) is 3.69. The van der Waals surface area contributed by atoms with E-state index in [0.29, 0.717) is 17.6 Å². The number of anilines is 1. The number of hydrogen-bond acceptors (Lipinski definition) is 4. The van der Waals surface area contributed by atoms with Gasteiger partial charge in [0.1, 0.15) is 5.82 Å². The van der Waals surface area contributed by atoms with Crippen molar-refractivity contribution >= 4 is 5.82 Å². The summed E-state index contributed by atoms with van der Waals surface area (Å²) >= 11 is 0. The van der Waals surface area contributed by atoms with Crippen LogP contribution in [0, 0.1) is 11.3 Å². The summed E-state index contributed by atoms with van der Waals surface area (Å²) in [4.78, 5) is 6.69.